The molecule has 0 bridgehead atoms. The second kappa shape index (κ2) is 8.21. The van der Waals surface area contributed by atoms with Crippen LogP contribution in [-0.2, 0) is 9.59 Å². The summed E-state index contributed by atoms with van der Waals surface area (Å²) in [6.07, 6.45) is 1.28. The number of benzene rings is 1. The number of hydrogen-bond donors (Lipinski definition) is 2. The topological polar surface area (TPSA) is 69.6 Å². The van der Waals surface area contributed by atoms with Crippen molar-refractivity contribution in [2.45, 2.75) is 25.8 Å². The zero-order valence-corrected chi connectivity index (χ0v) is 13.4. The van der Waals surface area contributed by atoms with Gasteiger partial charge < -0.3 is 10.4 Å². The molecular formula is C15H19ClF2N2O3. The SMILES string of the molecule is CC(C(=O)Nc1ccc(F)cc1F)N1CCCC(C(=O)O)C1.Cl. The maximum Gasteiger partial charge on any atom is 0.307 e. The van der Waals surface area contributed by atoms with Crippen LogP contribution >= 0.6 is 12.4 Å². The molecule has 0 aliphatic carbocycles. The average Bonchev–Trinajstić information content (AvgIpc) is 2.49. The van der Waals surface area contributed by atoms with Crippen molar-refractivity contribution in [3.8, 4) is 0 Å². The van der Waals surface area contributed by atoms with E-state index in [1.54, 1.807) is 11.8 Å². The van der Waals surface area contributed by atoms with Crippen LogP contribution in [0.4, 0.5) is 14.5 Å². The average molecular weight is 349 g/mol. The van der Waals surface area contributed by atoms with Gasteiger partial charge in [0.1, 0.15) is 11.6 Å². The third-order valence-corrected chi connectivity index (χ3v) is 3.92. The number of nitrogens with one attached hydrogen (secondary N) is 1. The van der Waals surface area contributed by atoms with Crippen LogP contribution in [0.15, 0.2) is 18.2 Å². The lowest BCUT2D eigenvalue weighted by atomic mass is 9.97. The van der Waals surface area contributed by atoms with Gasteiger partial charge in [-0.1, -0.05) is 0 Å². The van der Waals surface area contributed by atoms with Gasteiger partial charge in [-0.2, -0.15) is 0 Å². The normalized spacial score (nSPS) is 19.5. The van der Waals surface area contributed by atoms with Crippen molar-refractivity contribution in [1.82, 2.24) is 4.90 Å². The number of halogens is 3. The van der Waals surface area contributed by atoms with E-state index >= 15 is 0 Å². The molecule has 2 N–H and O–H groups in total. The predicted molar refractivity (Wildman–Crippen MR) is 83.6 cm³/mol. The summed E-state index contributed by atoms with van der Waals surface area (Å²) in [5.74, 6) is -3.38. The maximum absolute atomic E-state index is 13.5. The van der Waals surface area contributed by atoms with Crippen molar-refractivity contribution in [1.29, 1.82) is 0 Å². The van der Waals surface area contributed by atoms with Crippen molar-refractivity contribution in [3.63, 3.8) is 0 Å². The second-order valence-electron chi connectivity index (χ2n) is 5.46. The standard InChI is InChI=1S/C15H18F2N2O3.ClH/c1-9(19-6-2-3-10(8-19)15(21)22)14(20)18-13-5-4-11(16)7-12(13)17;/h4-5,7,9-10H,2-3,6,8H2,1H3,(H,18,20)(H,21,22);1H. The molecule has 1 heterocycles. The van der Waals surface area contributed by atoms with Crippen LogP contribution in [0.5, 0.6) is 0 Å². The number of aliphatic carboxylic acids is 1. The number of carboxylic acids is 1. The van der Waals surface area contributed by atoms with E-state index in [1.807, 2.05) is 0 Å². The fourth-order valence-electron chi connectivity index (χ4n) is 2.55. The lowest BCUT2D eigenvalue weighted by Gasteiger charge is -2.34. The van der Waals surface area contributed by atoms with Gasteiger partial charge in [0.05, 0.1) is 17.6 Å². The quantitative estimate of drug-likeness (QED) is 0.877. The highest BCUT2D eigenvalue weighted by molar-refractivity contribution is 5.94. The summed E-state index contributed by atoms with van der Waals surface area (Å²) in [5.41, 5.74) is -0.0926. The van der Waals surface area contributed by atoms with E-state index < -0.39 is 35.5 Å². The Morgan fingerprint density at radius 2 is 2.09 bits per heavy atom. The highest BCUT2D eigenvalue weighted by atomic mass is 35.5. The summed E-state index contributed by atoms with van der Waals surface area (Å²) in [5, 5.41) is 11.5. The number of anilines is 1. The number of carboxylic acid groups (broad SMARTS) is 1. The summed E-state index contributed by atoms with van der Waals surface area (Å²) in [6, 6.07) is 2.32. The highest BCUT2D eigenvalue weighted by Crippen LogP contribution is 2.20. The van der Waals surface area contributed by atoms with Gasteiger partial charge in [-0.15, -0.1) is 12.4 Å². The van der Waals surface area contributed by atoms with Crippen LogP contribution < -0.4 is 5.32 Å². The third kappa shape index (κ3) is 4.87. The number of carbonyl (C=O) groups is 2. The van der Waals surface area contributed by atoms with E-state index in [1.165, 1.54) is 0 Å². The Morgan fingerprint density at radius 1 is 1.39 bits per heavy atom. The smallest absolute Gasteiger partial charge is 0.307 e. The first-order chi connectivity index (χ1) is 10.4. The molecule has 1 amide bonds. The van der Waals surface area contributed by atoms with Crippen LogP contribution in [0, 0.1) is 17.6 Å². The summed E-state index contributed by atoms with van der Waals surface area (Å²) in [6.45, 7) is 2.54. The van der Waals surface area contributed by atoms with Crippen molar-refractivity contribution in [3.05, 3.63) is 29.8 Å². The molecule has 0 saturated carbocycles. The summed E-state index contributed by atoms with van der Waals surface area (Å²) in [4.78, 5) is 25.0. The van der Waals surface area contributed by atoms with Gasteiger partial charge >= 0.3 is 5.97 Å². The largest absolute Gasteiger partial charge is 0.481 e. The molecular weight excluding hydrogens is 330 g/mol. The molecule has 0 spiro atoms. The molecule has 1 fully saturated rings. The minimum Gasteiger partial charge on any atom is -0.481 e. The Labute approximate surface area is 139 Å². The Morgan fingerprint density at radius 3 is 2.70 bits per heavy atom. The van der Waals surface area contributed by atoms with Gasteiger partial charge in [0.25, 0.3) is 0 Å². The first kappa shape index (κ1) is 19.3. The monoisotopic (exact) mass is 348 g/mol. The Bertz CT molecular complexity index is 586. The molecule has 8 heteroatoms. The van der Waals surface area contributed by atoms with Crippen molar-refractivity contribution in [2.75, 3.05) is 18.4 Å². The number of likely N-dealkylation sites (tertiary alicyclic amines) is 1. The van der Waals surface area contributed by atoms with Crippen molar-refractivity contribution >= 4 is 30.0 Å². The van der Waals surface area contributed by atoms with Gasteiger partial charge in [-0.25, -0.2) is 8.78 Å². The number of rotatable bonds is 4. The van der Waals surface area contributed by atoms with Gasteiger partial charge in [0.2, 0.25) is 5.91 Å². The summed E-state index contributed by atoms with van der Waals surface area (Å²) >= 11 is 0. The van der Waals surface area contributed by atoms with Crippen LogP contribution in [-0.4, -0.2) is 41.0 Å². The maximum atomic E-state index is 13.5. The molecule has 1 aliphatic heterocycles. The minimum atomic E-state index is -0.873. The molecule has 1 saturated heterocycles. The van der Waals surface area contributed by atoms with Crippen LogP contribution in [0.25, 0.3) is 0 Å². The summed E-state index contributed by atoms with van der Waals surface area (Å²) in [7, 11) is 0. The Kier molecular flexibility index (Phi) is 6.90. The molecule has 0 radical (unpaired) electrons. The Hall–Kier alpha value is -1.73. The molecule has 1 aliphatic rings. The molecule has 23 heavy (non-hydrogen) atoms. The van der Waals surface area contributed by atoms with Crippen molar-refractivity contribution in [2.24, 2.45) is 5.92 Å². The predicted octanol–water partition coefficient (Wildman–Crippen LogP) is 2.51. The van der Waals surface area contributed by atoms with Gasteiger partial charge in [0, 0.05) is 12.6 Å². The van der Waals surface area contributed by atoms with E-state index in [9.17, 15) is 18.4 Å². The molecule has 2 rings (SSSR count). The van der Waals surface area contributed by atoms with E-state index in [4.69, 9.17) is 5.11 Å². The molecule has 0 aromatic heterocycles. The highest BCUT2D eigenvalue weighted by Gasteiger charge is 2.30. The molecule has 2 unspecified atom stereocenters. The van der Waals surface area contributed by atoms with Crippen molar-refractivity contribution < 1.29 is 23.5 Å². The lowest BCUT2D eigenvalue weighted by Crippen LogP contribution is -2.48. The fourth-order valence-corrected chi connectivity index (χ4v) is 2.55. The van der Waals surface area contributed by atoms with E-state index in [-0.39, 0.29) is 24.6 Å². The first-order valence-corrected chi connectivity index (χ1v) is 7.11. The molecule has 1 aromatic rings. The van der Waals surface area contributed by atoms with Gasteiger partial charge in [-0.05, 0) is 38.4 Å². The number of amides is 1. The zero-order valence-electron chi connectivity index (χ0n) is 12.6. The Balaban J connectivity index is 0.00000264. The lowest BCUT2D eigenvalue weighted by molar-refractivity contribution is -0.144. The number of nitrogens with zero attached hydrogens (tertiary/aromatic N) is 1. The fraction of sp³-hybridized carbons (Fsp3) is 0.467. The molecule has 128 valence electrons. The van der Waals surface area contributed by atoms with Crippen LogP contribution in [0.2, 0.25) is 0 Å². The zero-order chi connectivity index (χ0) is 16.3. The van der Waals surface area contributed by atoms with Gasteiger partial charge in [0.15, 0.2) is 0 Å². The van der Waals surface area contributed by atoms with E-state index in [0.29, 0.717) is 25.5 Å². The van der Waals surface area contributed by atoms with Crippen LogP contribution in [0.1, 0.15) is 19.8 Å². The van der Waals surface area contributed by atoms with E-state index in [2.05, 4.69) is 5.32 Å². The van der Waals surface area contributed by atoms with Crippen LogP contribution in [0.3, 0.4) is 0 Å². The molecule has 2 atom stereocenters. The number of carbonyl (C=O) groups excluding carboxylic acids is 1. The second-order valence-corrected chi connectivity index (χ2v) is 5.46. The summed E-state index contributed by atoms with van der Waals surface area (Å²) < 4.78 is 26.4. The van der Waals surface area contributed by atoms with E-state index in [0.717, 1.165) is 12.1 Å². The van der Waals surface area contributed by atoms with Gasteiger partial charge in [-0.3, -0.25) is 14.5 Å². The molecule has 5 nitrogen and oxygen atoms in total. The number of hydrogen-bond acceptors (Lipinski definition) is 3. The molecule has 1 aromatic carbocycles. The number of piperidine rings is 1. The third-order valence-electron chi connectivity index (χ3n) is 3.92. The minimum absolute atomic E-state index is 0. The first-order valence-electron chi connectivity index (χ1n) is 7.11.